The van der Waals surface area contributed by atoms with Gasteiger partial charge in [-0.1, -0.05) is 44.2 Å². The van der Waals surface area contributed by atoms with Crippen molar-refractivity contribution in [3.05, 3.63) is 35.9 Å². The van der Waals surface area contributed by atoms with Crippen LogP contribution in [-0.2, 0) is 14.3 Å². The zero-order valence-electron chi connectivity index (χ0n) is 15.9. The molecule has 3 N–H and O–H groups in total. The lowest BCUT2D eigenvalue weighted by atomic mass is 9.98. The van der Waals surface area contributed by atoms with Gasteiger partial charge in [-0.2, -0.15) is 0 Å². The zero-order valence-corrected chi connectivity index (χ0v) is 16.7. The summed E-state index contributed by atoms with van der Waals surface area (Å²) in [6.45, 7) is 8.54. The number of hydrogen-bond acceptors (Lipinski definition) is 4. The molecule has 1 unspecified atom stereocenters. The molecule has 1 heterocycles. The summed E-state index contributed by atoms with van der Waals surface area (Å²) in [4.78, 5) is 26.5. The summed E-state index contributed by atoms with van der Waals surface area (Å²) in [6, 6.07) is 9.25. The van der Waals surface area contributed by atoms with E-state index < -0.39 is 11.6 Å². The van der Waals surface area contributed by atoms with Crippen LogP contribution in [0.25, 0.3) is 0 Å². The van der Waals surface area contributed by atoms with E-state index in [2.05, 4.69) is 5.32 Å². The number of halogens is 1. The SMILES string of the molecule is CC(C)[C@H](N)C(=O)NCC(=O)N1CC(c2ccccc2)OCC1(C)C.Cl. The van der Waals surface area contributed by atoms with Crippen LogP contribution in [0.2, 0.25) is 0 Å². The molecule has 0 aromatic heterocycles. The van der Waals surface area contributed by atoms with Crippen molar-refractivity contribution in [2.24, 2.45) is 11.7 Å². The third-order valence-corrected chi connectivity index (χ3v) is 4.62. The van der Waals surface area contributed by atoms with E-state index in [-0.39, 0.29) is 42.8 Å². The topological polar surface area (TPSA) is 84.7 Å². The second kappa shape index (κ2) is 9.35. The van der Waals surface area contributed by atoms with Crippen molar-refractivity contribution in [2.45, 2.75) is 45.4 Å². The largest absolute Gasteiger partial charge is 0.369 e. The Balaban J connectivity index is 0.00000338. The number of benzene rings is 1. The molecule has 0 aliphatic carbocycles. The Morgan fingerprint density at radius 2 is 1.92 bits per heavy atom. The maximum atomic E-state index is 12.7. The van der Waals surface area contributed by atoms with E-state index in [0.717, 1.165) is 5.56 Å². The molecule has 2 atom stereocenters. The Kier molecular flexibility index (Phi) is 8.06. The van der Waals surface area contributed by atoms with Gasteiger partial charge in [0.05, 0.1) is 31.3 Å². The van der Waals surface area contributed by atoms with Gasteiger partial charge in [-0.05, 0) is 25.3 Å². The zero-order chi connectivity index (χ0) is 18.6. The van der Waals surface area contributed by atoms with E-state index in [9.17, 15) is 9.59 Å². The van der Waals surface area contributed by atoms with Crippen molar-refractivity contribution < 1.29 is 14.3 Å². The number of nitrogens with one attached hydrogen (secondary N) is 1. The van der Waals surface area contributed by atoms with E-state index in [1.807, 2.05) is 58.0 Å². The third kappa shape index (κ3) is 5.43. The van der Waals surface area contributed by atoms with Gasteiger partial charge in [0.15, 0.2) is 0 Å². The molecule has 0 bridgehead atoms. The predicted molar refractivity (Wildman–Crippen MR) is 104 cm³/mol. The molecule has 0 radical (unpaired) electrons. The first kappa shape index (κ1) is 22.4. The number of rotatable bonds is 5. The number of ether oxygens (including phenoxy) is 1. The molecule has 2 amide bonds. The minimum Gasteiger partial charge on any atom is -0.369 e. The van der Waals surface area contributed by atoms with Gasteiger partial charge in [0, 0.05) is 0 Å². The van der Waals surface area contributed by atoms with Gasteiger partial charge in [-0.3, -0.25) is 9.59 Å². The molecule has 2 rings (SSSR count). The molecule has 1 aliphatic heterocycles. The van der Waals surface area contributed by atoms with Crippen LogP contribution < -0.4 is 11.1 Å². The second-order valence-corrected chi connectivity index (χ2v) is 7.51. The van der Waals surface area contributed by atoms with E-state index >= 15 is 0 Å². The average molecular weight is 384 g/mol. The number of carbonyl (C=O) groups is 2. The molecule has 7 heteroatoms. The normalized spacial score (nSPS) is 20.2. The number of carbonyl (C=O) groups excluding carboxylic acids is 2. The highest BCUT2D eigenvalue weighted by atomic mass is 35.5. The van der Waals surface area contributed by atoms with Crippen molar-refractivity contribution in [1.29, 1.82) is 0 Å². The maximum Gasteiger partial charge on any atom is 0.242 e. The molecular formula is C19H30ClN3O3. The summed E-state index contributed by atoms with van der Waals surface area (Å²) in [7, 11) is 0. The van der Waals surface area contributed by atoms with Crippen LogP contribution >= 0.6 is 12.4 Å². The first-order chi connectivity index (χ1) is 11.7. The molecule has 146 valence electrons. The van der Waals surface area contributed by atoms with E-state index in [0.29, 0.717) is 13.2 Å². The number of morpholine rings is 1. The molecule has 0 saturated carbocycles. The number of nitrogens with zero attached hydrogens (tertiary/aromatic N) is 1. The average Bonchev–Trinajstić information content (AvgIpc) is 2.59. The van der Waals surface area contributed by atoms with Crippen LogP contribution in [0.1, 0.15) is 39.4 Å². The number of hydrogen-bond donors (Lipinski definition) is 2. The molecular weight excluding hydrogens is 354 g/mol. The van der Waals surface area contributed by atoms with Gasteiger partial charge in [-0.15, -0.1) is 12.4 Å². The summed E-state index contributed by atoms with van der Waals surface area (Å²) < 4.78 is 5.95. The minimum absolute atomic E-state index is 0. The second-order valence-electron chi connectivity index (χ2n) is 7.51. The number of nitrogens with two attached hydrogens (primary N) is 1. The van der Waals surface area contributed by atoms with Crippen LogP contribution in [0.15, 0.2) is 30.3 Å². The minimum atomic E-state index is -0.609. The molecule has 1 aromatic rings. The van der Waals surface area contributed by atoms with Crippen LogP contribution in [0, 0.1) is 5.92 Å². The fraction of sp³-hybridized carbons (Fsp3) is 0.579. The lowest BCUT2D eigenvalue weighted by Crippen LogP contribution is -2.58. The highest BCUT2D eigenvalue weighted by Gasteiger charge is 2.38. The fourth-order valence-electron chi connectivity index (χ4n) is 2.84. The van der Waals surface area contributed by atoms with E-state index in [4.69, 9.17) is 10.5 Å². The Labute approximate surface area is 161 Å². The summed E-state index contributed by atoms with van der Waals surface area (Å²) in [5, 5.41) is 2.66. The standard InChI is InChI=1S/C19H29N3O3.ClH/c1-13(2)17(20)18(24)21-10-16(23)22-11-15(25-12-19(22,3)4)14-8-6-5-7-9-14;/h5-9,13,15,17H,10-12,20H2,1-4H3,(H,21,24);1H/t15?,17-;/m0./s1. The maximum absolute atomic E-state index is 12.7. The van der Waals surface area contributed by atoms with Crippen molar-refractivity contribution in [3.63, 3.8) is 0 Å². The lowest BCUT2D eigenvalue weighted by molar-refractivity contribution is -0.154. The van der Waals surface area contributed by atoms with Gasteiger partial charge in [0.2, 0.25) is 11.8 Å². The fourth-order valence-corrected chi connectivity index (χ4v) is 2.84. The van der Waals surface area contributed by atoms with Crippen LogP contribution in [0.5, 0.6) is 0 Å². The highest BCUT2D eigenvalue weighted by molar-refractivity contribution is 5.87. The first-order valence-corrected chi connectivity index (χ1v) is 8.72. The monoisotopic (exact) mass is 383 g/mol. The van der Waals surface area contributed by atoms with Gasteiger partial charge >= 0.3 is 0 Å². The van der Waals surface area contributed by atoms with Crippen molar-refractivity contribution >= 4 is 24.2 Å². The summed E-state index contributed by atoms with van der Waals surface area (Å²) in [5.41, 5.74) is 6.44. The molecule has 1 saturated heterocycles. The summed E-state index contributed by atoms with van der Waals surface area (Å²) in [5.74, 6) is -0.398. The lowest BCUT2D eigenvalue weighted by Gasteiger charge is -2.45. The summed E-state index contributed by atoms with van der Waals surface area (Å²) in [6.07, 6.45) is -0.160. The van der Waals surface area contributed by atoms with Crippen molar-refractivity contribution in [3.8, 4) is 0 Å². The van der Waals surface area contributed by atoms with E-state index in [1.165, 1.54) is 0 Å². The van der Waals surface area contributed by atoms with Crippen molar-refractivity contribution in [2.75, 3.05) is 19.7 Å². The van der Waals surface area contributed by atoms with Crippen LogP contribution in [0.4, 0.5) is 0 Å². The summed E-state index contributed by atoms with van der Waals surface area (Å²) >= 11 is 0. The number of amides is 2. The molecule has 1 fully saturated rings. The first-order valence-electron chi connectivity index (χ1n) is 8.72. The Hall–Kier alpha value is -1.63. The van der Waals surface area contributed by atoms with Gasteiger partial charge in [0.1, 0.15) is 6.10 Å². The van der Waals surface area contributed by atoms with Gasteiger partial charge < -0.3 is 20.7 Å². The smallest absolute Gasteiger partial charge is 0.242 e. The highest BCUT2D eigenvalue weighted by Crippen LogP contribution is 2.30. The molecule has 1 aromatic carbocycles. The van der Waals surface area contributed by atoms with Gasteiger partial charge in [0.25, 0.3) is 0 Å². The van der Waals surface area contributed by atoms with Gasteiger partial charge in [-0.25, -0.2) is 0 Å². The van der Waals surface area contributed by atoms with Crippen LogP contribution in [0.3, 0.4) is 0 Å². The quantitative estimate of drug-likeness (QED) is 0.813. The van der Waals surface area contributed by atoms with E-state index in [1.54, 1.807) is 4.90 Å². The van der Waals surface area contributed by atoms with Crippen LogP contribution in [-0.4, -0.2) is 48.0 Å². The van der Waals surface area contributed by atoms with Crippen molar-refractivity contribution in [1.82, 2.24) is 10.2 Å². The molecule has 6 nitrogen and oxygen atoms in total. The molecule has 0 spiro atoms. The third-order valence-electron chi connectivity index (χ3n) is 4.62. The Morgan fingerprint density at radius 1 is 1.31 bits per heavy atom. The molecule has 1 aliphatic rings. The predicted octanol–water partition coefficient (Wildman–Crippen LogP) is 1.89. The Morgan fingerprint density at radius 3 is 2.50 bits per heavy atom. The molecule has 26 heavy (non-hydrogen) atoms. The Bertz CT molecular complexity index is 607.